The molecule has 32 heavy (non-hydrogen) atoms. The summed E-state index contributed by atoms with van der Waals surface area (Å²) >= 11 is 11.8. The average Bonchev–Trinajstić information content (AvgIpc) is 3.21. The van der Waals surface area contributed by atoms with Crippen LogP contribution in [0.3, 0.4) is 0 Å². The molecule has 0 saturated carbocycles. The minimum Gasteiger partial charge on any atom is -0.497 e. The van der Waals surface area contributed by atoms with Gasteiger partial charge in [-0.15, -0.1) is 11.6 Å². The molecule has 0 aliphatic carbocycles. The lowest BCUT2D eigenvalue weighted by Crippen LogP contribution is -2.01. The largest absolute Gasteiger partial charge is 0.497 e. The Kier molecular flexibility index (Phi) is 7.09. The summed E-state index contributed by atoms with van der Waals surface area (Å²) in [5, 5.41) is 1.38. The van der Waals surface area contributed by atoms with Crippen molar-refractivity contribution in [2.75, 3.05) is 19.6 Å². The van der Waals surface area contributed by atoms with E-state index < -0.39 is 0 Å². The second kappa shape index (κ2) is 10.2. The summed E-state index contributed by atoms with van der Waals surface area (Å²) in [6.45, 7) is 2.61. The molecule has 0 N–H and O–H groups in total. The van der Waals surface area contributed by atoms with Crippen molar-refractivity contribution in [3.8, 4) is 11.5 Å². The lowest BCUT2D eigenvalue weighted by atomic mass is 9.88. The van der Waals surface area contributed by atoms with E-state index in [1.54, 1.807) is 7.11 Å². The summed E-state index contributed by atoms with van der Waals surface area (Å²) in [7, 11) is 1.67. The van der Waals surface area contributed by atoms with E-state index in [0.717, 1.165) is 33.6 Å². The molecule has 3 aromatic carbocycles. The molecule has 0 spiro atoms. The van der Waals surface area contributed by atoms with Crippen LogP contribution in [-0.4, -0.2) is 19.6 Å². The van der Waals surface area contributed by atoms with Crippen LogP contribution in [0.25, 0.3) is 16.5 Å². The van der Waals surface area contributed by atoms with Crippen molar-refractivity contribution in [3.05, 3.63) is 101 Å². The van der Waals surface area contributed by atoms with E-state index in [1.807, 2.05) is 36.4 Å². The molecule has 3 nitrogen and oxygen atoms in total. The summed E-state index contributed by atoms with van der Waals surface area (Å²) in [4.78, 5) is 0. The number of alkyl halides is 1. The van der Waals surface area contributed by atoms with Crippen LogP contribution in [0.1, 0.15) is 29.5 Å². The van der Waals surface area contributed by atoms with E-state index in [-0.39, 0.29) is 5.92 Å². The number of fused-ring (bicyclic) bond motifs is 1. The van der Waals surface area contributed by atoms with E-state index in [4.69, 9.17) is 37.1 Å². The zero-order chi connectivity index (χ0) is 22.5. The second-order valence-corrected chi connectivity index (χ2v) is 8.26. The molecule has 5 heteroatoms. The smallest absolute Gasteiger partial charge is 0.194 e. The van der Waals surface area contributed by atoms with E-state index in [2.05, 4.69) is 49.4 Å². The van der Waals surface area contributed by atoms with Gasteiger partial charge in [-0.1, -0.05) is 36.4 Å². The Hall–Kier alpha value is -2.88. The fraction of sp³-hybridized carbons (Fsp3) is 0.185. The van der Waals surface area contributed by atoms with Crippen molar-refractivity contribution in [1.29, 1.82) is 0 Å². The maximum Gasteiger partial charge on any atom is 0.194 e. The van der Waals surface area contributed by atoms with E-state index in [9.17, 15) is 0 Å². The third kappa shape index (κ3) is 5.12. The van der Waals surface area contributed by atoms with Gasteiger partial charge >= 0.3 is 0 Å². The van der Waals surface area contributed by atoms with Crippen molar-refractivity contribution >= 4 is 39.7 Å². The first kappa shape index (κ1) is 22.3. The summed E-state index contributed by atoms with van der Waals surface area (Å²) in [6, 6.07) is 24.3. The molecule has 0 aliphatic rings. The molecule has 0 saturated heterocycles. The third-order valence-corrected chi connectivity index (χ3v) is 5.76. The number of benzene rings is 3. The van der Waals surface area contributed by atoms with Gasteiger partial charge in [-0.05, 0) is 77.2 Å². The van der Waals surface area contributed by atoms with Crippen LogP contribution in [0, 0.1) is 0 Å². The highest BCUT2D eigenvalue weighted by Crippen LogP contribution is 2.33. The van der Waals surface area contributed by atoms with E-state index >= 15 is 0 Å². The van der Waals surface area contributed by atoms with Gasteiger partial charge < -0.3 is 13.9 Å². The highest BCUT2D eigenvalue weighted by atomic mass is 35.5. The predicted octanol–water partition coefficient (Wildman–Crippen LogP) is 7.95. The SMILES string of the molecule is COc1ccc(C(C=C(C)c2ccc3oc(Cl)cc3c2)c2ccc(OCCCl)cc2)cc1. The van der Waals surface area contributed by atoms with Gasteiger partial charge in [-0.2, -0.15) is 0 Å². The van der Waals surface area contributed by atoms with Gasteiger partial charge in [0.05, 0.1) is 13.0 Å². The van der Waals surface area contributed by atoms with Gasteiger partial charge in [0.25, 0.3) is 0 Å². The molecule has 164 valence electrons. The number of furan rings is 1. The molecule has 0 bridgehead atoms. The first-order valence-electron chi connectivity index (χ1n) is 10.4. The van der Waals surface area contributed by atoms with Gasteiger partial charge in [0, 0.05) is 17.4 Å². The zero-order valence-corrected chi connectivity index (χ0v) is 19.5. The van der Waals surface area contributed by atoms with Crippen LogP contribution < -0.4 is 9.47 Å². The van der Waals surface area contributed by atoms with Crippen LogP contribution in [0.2, 0.25) is 5.22 Å². The van der Waals surface area contributed by atoms with Crippen molar-refractivity contribution in [1.82, 2.24) is 0 Å². The quantitative estimate of drug-likeness (QED) is 0.247. The highest BCUT2D eigenvalue weighted by molar-refractivity contribution is 6.29. The minimum atomic E-state index is 0.0617. The monoisotopic (exact) mass is 466 g/mol. The van der Waals surface area contributed by atoms with Crippen molar-refractivity contribution in [3.63, 3.8) is 0 Å². The molecular formula is C27H24Cl2O3. The number of hydrogen-bond acceptors (Lipinski definition) is 3. The van der Waals surface area contributed by atoms with Gasteiger partial charge in [0.1, 0.15) is 23.7 Å². The maximum atomic E-state index is 6.02. The Bertz CT molecular complexity index is 1210. The Labute approximate surface area is 198 Å². The summed E-state index contributed by atoms with van der Waals surface area (Å²) in [6.07, 6.45) is 2.28. The number of ether oxygens (including phenoxy) is 2. The molecule has 1 heterocycles. The Balaban J connectivity index is 1.71. The fourth-order valence-electron chi connectivity index (χ4n) is 3.73. The van der Waals surface area contributed by atoms with E-state index in [0.29, 0.717) is 17.7 Å². The zero-order valence-electron chi connectivity index (χ0n) is 18.0. The molecule has 4 aromatic rings. The normalized spacial score (nSPS) is 12.7. The number of allylic oxidation sites excluding steroid dienone is 2. The number of halogens is 2. The van der Waals surface area contributed by atoms with Gasteiger partial charge in [-0.25, -0.2) is 0 Å². The van der Waals surface area contributed by atoms with Crippen LogP contribution in [0.15, 0.2) is 83.3 Å². The molecule has 0 radical (unpaired) electrons. The average molecular weight is 467 g/mol. The maximum absolute atomic E-state index is 6.02. The lowest BCUT2D eigenvalue weighted by molar-refractivity contribution is 0.342. The standard InChI is InChI=1S/C27H24Cl2O3/c1-18(21-7-12-26-22(16-21)17-27(29)32-26)15-25(19-3-8-23(30-2)9-4-19)20-5-10-24(11-6-20)31-14-13-28/h3-12,15-17,25H,13-14H2,1-2H3. The minimum absolute atomic E-state index is 0.0617. The van der Waals surface area contributed by atoms with Crippen LogP contribution in [0.4, 0.5) is 0 Å². The van der Waals surface area contributed by atoms with Crippen LogP contribution in [-0.2, 0) is 0 Å². The lowest BCUT2D eigenvalue weighted by Gasteiger charge is -2.17. The van der Waals surface area contributed by atoms with E-state index in [1.165, 1.54) is 11.1 Å². The molecule has 0 fully saturated rings. The molecular weight excluding hydrogens is 443 g/mol. The number of methoxy groups -OCH3 is 1. The summed E-state index contributed by atoms with van der Waals surface area (Å²) in [5.41, 5.74) is 5.40. The van der Waals surface area contributed by atoms with Crippen LogP contribution >= 0.6 is 23.2 Å². The Morgan fingerprint density at radius 2 is 1.59 bits per heavy atom. The first-order valence-corrected chi connectivity index (χ1v) is 11.3. The summed E-state index contributed by atoms with van der Waals surface area (Å²) in [5.74, 6) is 2.17. The molecule has 0 aliphatic heterocycles. The molecule has 1 aromatic heterocycles. The first-order chi connectivity index (χ1) is 15.6. The third-order valence-electron chi connectivity index (χ3n) is 5.42. The predicted molar refractivity (Wildman–Crippen MR) is 132 cm³/mol. The van der Waals surface area contributed by atoms with Gasteiger partial charge in [0.2, 0.25) is 0 Å². The summed E-state index contributed by atoms with van der Waals surface area (Å²) < 4.78 is 16.5. The fourth-order valence-corrected chi connectivity index (χ4v) is 4.00. The van der Waals surface area contributed by atoms with Crippen LogP contribution in [0.5, 0.6) is 11.5 Å². The topological polar surface area (TPSA) is 31.6 Å². The second-order valence-electron chi connectivity index (χ2n) is 7.51. The number of hydrogen-bond donors (Lipinski definition) is 0. The van der Waals surface area contributed by atoms with Gasteiger partial charge in [0.15, 0.2) is 5.22 Å². The Morgan fingerprint density at radius 1 is 0.938 bits per heavy atom. The van der Waals surface area contributed by atoms with Crippen molar-refractivity contribution in [2.24, 2.45) is 0 Å². The highest BCUT2D eigenvalue weighted by Gasteiger charge is 2.14. The molecule has 1 unspecified atom stereocenters. The number of rotatable bonds is 8. The molecule has 0 amide bonds. The molecule has 4 rings (SSSR count). The van der Waals surface area contributed by atoms with Gasteiger partial charge in [-0.3, -0.25) is 0 Å². The Morgan fingerprint density at radius 3 is 2.22 bits per heavy atom. The van der Waals surface area contributed by atoms with Crippen molar-refractivity contribution in [2.45, 2.75) is 12.8 Å². The van der Waals surface area contributed by atoms with Crippen molar-refractivity contribution < 1.29 is 13.9 Å². The molecule has 1 atom stereocenters.